The van der Waals surface area contributed by atoms with Crippen molar-refractivity contribution in [2.75, 3.05) is 25.6 Å². The zero-order valence-electron chi connectivity index (χ0n) is 16.8. The fourth-order valence-electron chi connectivity index (χ4n) is 2.70. The lowest BCUT2D eigenvalue weighted by Gasteiger charge is -2.07. The number of hydrogen-bond acceptors (Lipinski definition) is 10. The van der Waals surface area contributed by atoms with Crippen molar-refractivity contribution in [3.63, 3.8) is 0 Å². The number of carbonyl (C=O) groups is 4. The van der Waals surface area contributed by atoms with Crippen LogP contribution in [0.15, 0.2) is 29.0 Å². The van der Waals surface area contributed by atoms with Crippen LogP contribution in [0.25, 0.3) is 11.1 Å². The number of rotatable bonds is 7. The van der Waals surface area contributed by atoms with Gasteiger partial charge in [0.2, 0.25) is 0 Å². The Balaban J connectivity index is 1.71. The molecule has 0 bridgehead atoms. The average molecular weight is 446 g/mol. The summed E-state index contributed by atoms with van der Waals surface area (Å²) < 4.78 is 19.9. The molecule has 0 aliphatic carbocycles. The van der Waals surface area contributed by atoms with Gasteiger partial charge in [0.25, 0.3) is 5.91 Å². The number of methoxy groups -OCH3 is 1. The summed E-state index contributed by atoms with van der Waals surface area (Å²) in [6.45, 7) is 2.74. The second kappa shape index (κ2) is 9.39. The third-order valence-electron chi connectivity index (χ3n) is 4.15. The van der Waals surface area contributed by atoms with Crippen LogP contribution in [0.3, 0.4) is 0 Å². The summed E-state index contributed by atoms with van der Waals surface area (Å²) in [5.74, 6) is -2.78. The molecule has 0 spiro atoms. The van der Waals surface area contributed by atoms with Crippen LogP contribution in [-0.4, -0.2) is 49.1 Å². The van der Waals surface area contributed by atoms with Crippen LogP contribution in [0, 0.1) is 6.92 Å². The minimum Gasteiger partial charge on any atom is -0.465 e. The van der Waals surface area contributed by atoms with Crippen LogP contribution in [0.5, 0.6) is 0 Å². The second-order valence-electron chi connectivity index (χ2n) is 6.13. The summed E-state index contributed by atoms with van der Waals surface area (Å²) in [6.07, 6.45) is 1.25. The highest BCUT2D eigenvalue weighted by Gasteiger charge is 2.27. The maximum Gasteiger partial charge on any atom is 0.348 e. The minimum atomic E-state index is -0.740. The molecule has 0 aliphatic heterocycles. The van der Waals surface area contributed by atoms with Gasteiger partial charge in [-0.25, -0.2) is 19.4 Å². The van der Waals surface area contributed by atoms with E-state index in [-0.39, 0.29) is 27.6 Å². The van der Waals surface area contributed by atoms with E-state index >= 15 is 0 Å². The van der Waals surface area contributed by atoms with Gasteiger partial charge in [-0.3, -0.25) is 4.79 Å². The van der Waals surface area contributed by atoms with Crippen LogP contribution in [0.2, 0.25) is 0 Å². The number of benzene rings is 1. The van der Waals surface area contributed by atoms with Gasteiger partial charge >= 0.3 is 17.9 Å². The SMILES string of the molecule is CCOC(=O)c1sc(NC(=O)COC(=O)c2ccc3ncoc3c2)c(C(=O)OC)c1C. The van der Waals surface area contributed by atoms with E-state index in [4.69, 9.17) is 18.6 Å². The Morgan fingerprint density at radius 3 is 2.61 bits per heavy atom. The van der Waals surface area contributed by atoms with E-state index in [9.17, 15) is 19.2 Å². The molecule has 162 valence electrons. The van der Waals surface area contributed by atoms with Crippen molar-refractivity contribution in [3.8, 4) is 0 Å². The summed E-state index contributed by atoms with van der Waals surface area (Å²) in [6, 6.07) is 4.53. The van der Waals surface area contributed by atoms with Crippen LogP contribution in [0.4, 0.5) is 5.00 Å². The first-order valence-electron chi connectivity index (χ1n) is 9.04. The van der Waals surface area contributed by atoms with Gasteiger partial charge in [-0.15, -0.1) is 11.3 Å². The zero-order chi connectivity index (χ0) is 22.5. The van der Waals surface area contributed by atoms with Crippen molar-refractivity contribution in [2.45, 2.75) is 13.8 Å². The molecule has 0 fully saturated rings. The number of anilines is 1. The molecule has 1 amide bonds. The predicted octanol–water partition coefficient (Wildman–Crippen LogP) is 2.96. The van der Waals surface area contributed by atoms with E-state index in [1.165, 1.54) is 25.6 Å². The number of amides is 1. The summed E-state index contributed by atoms with van der Waals surface area (Å²) >= 11 is 0.872. The molecule has 31 heavy (non-hydrogen) atoms. The van der Waals surface area contributed by atoms with Crippen LogP contribution >= 0.6 is 11.3 Å². The van der Waals surface area contributed by atoms with Gasteiger partial charge < -0.3 is 23.9 Å². The van der Waals surface area contributed by atoms with Crippen LogP contribution < -0.4 is 5.32 Å². The van der Waals surface area contributed by atoms with Crippen molar-refractivity contribution in [2.24, 2.45) is 0 Å². The molecule has 3 rings (SSSR count). The monoisotopic (exact) mass is 446 g/mol. The Labute approximate surface area is 180 Å². The molecule has 0 unspecified atom stereocenters. The number of fused-ring (bicyclic) bond motifs is 1. The van der Waals surface area contributed by atoms with Crippen molar-refractivity contribution in [1.29, 1.82) is 0 Å². The topological polar surface area (TPSA) is 134 Å². The Kier molecular flexibility index (Phi) is 6.65. The third-order valence-corrected chi connectivity index (χ3v) is 5.34. The molecule has 1 N–H and O–H groups in total. The Hall–Kier alpha value is -3.73. The molecule has 0 aliphatic rings. The van der Waals surface area contributed by atoms with Gasteiger partial charge in [-0.2, -0.15) is 0 Å². The number of ether oxygens (including phenoxy) is 3. The number of nitrogens with one attached hydrogen (secondary N) is 1. The molecule has 0 radical (unpaired) electrons. The number of thiophene rings is 1. The summed E-state index contributed by atoms with van der Waals surface area (Å²) in [5, 5.41) is 2.58. The van der Waals surface area contributed by atoms with E-state index in [0.717, 1.165) is 11.3 Å². The number of aromatic nitrogens is 1. The minimum absolute atomic E-state index is 0.0333. The molecule has 2 aromatic heterocycles. The maximum atomic E-state index is 12.3. The van der Waals surface area contributed by atoms with E-state index in [0.29, 0.717) is 16.7 Å². The fourth-order valence-corrected chi connectivity index (χ4v) is 3.80. The lowest BCUT2D eigenvalue weighted by molar-refractivity contribution is -0.119. The zero-order valence-corrected chi connectivity index (χ0v) is 17.7. The van der Waals surface area contributed by atoms with Gasteiger partial charge in [0.05, 0.1) is 24.8 Å². The largest absolute Gasteiger partial charge is 0.465 e. The first-order chi connectivity index (χ1) is 14.8. The highest BCUT2D eigenvalue weighted by molar-refractivity contribution is 7.18. The summed E-state index contributed by atoms with van der Waals surface area (Å²) in [4.78, 5) is 52.9. The Bertz CT molecular complexity index is 1160. The maximum absolute atomic E-state index is 12.3. The molecule has 0 saturated heterocycles. The molecule has 10 nitrogen and oxygen atoms in total. The van der Waals surface area contributed by atoms with Gasteiger partial charge in [0.15, 0.2) is 18.6 Å². The van der Waals surface area contributed by atoms with E-state index in [1.807, 2.05) is 0 Å². The second-order valence-corrected chi connectivity index (χ2v) is 7.15. The molecule has 11 heteroatoms. The molecule has 2 heterocycles. The highest BCUT2D eigenvalue weighted by Crippen LogP contribution is 2.34. The van der Waals surface area contributed by atoms with Gasteiger partial charge in [0, 0.05) is 0 Å². The van der Waals surface area contributed by atoms with E-state index < -0.39 is 30.4 Å². The number of oxazole rings is 1. The number of nitrogens with zero attached hydrogens (tertiary/aromatic N) is 1. The average Bonchev–Trinajstić information content (AvgIpc) is 3.35. The standard InChI is InChI=1S/C20H18N2O8S/c1-4-28-20(26)16-10(2)15(19(25)27-3)17(31-16)22-14(23)8-29-18(24)11-5-6-12-13(7-11)30-9-21-12/h5-7,9H,4,8H2,1-3H3,(H,22,23). The van der Waals surface area contributed by atoms with Crippen molar-refractivity contribution in [1.82, 2.24) is 4.98 Å². The first-order valence-corrected chi connectivity index (χ1v) is 9.86. The lowest BCUT2D eigenvalue weighted by Crippen LogP contribution is -2.21. The van der Waals surface area contributed by atoms with Crippen molar-refractivity contribution in [3.05, 3.63) is 46.2 Å². The normalized spacial score (nSPS) is 10.5. The summed E-state index contributed by atoms with van der Waals surface area (Å²) in [7, 11) is 1.18. The Morgan fingerprint density at radius 1 is 1.13 bits per heavy atom. The first kappa shape index (κ1) is 22.0. The summed E-state index contributed by atoms with van der Waals surface area (Å²) in [5.41, 5.74) is 1.52. The van der Waals surface area contributed by atoms with Gasteiger partial charge in [0.1, 0.15) is 15.4 Å². The molecular weight excluding hydrogens is 428 g/mol. The van der Waals surface area contributed by atoms with Crippen LogP contribution in [-0.2, 0) is 19.0 Å². The third kappa shape index (κ3) is 4.72. The van der Waals surface area contributed by atoms with Crippen molar-refractivity contribution >= 4 is 51.3 Å². The molecule has 0 saturated carbocycles. The number of hydrogen-bond donors (Lipinski definition) is 1. The smallest absolute Gasteiger partial charge is 0.348 e. The van der Waals surface area contributed by atoms with Crippen LogP contribution in [0.1, 0.15) is 42.9 Å². The van der Waals surface area contributed by atoms with Gasteiger partial charge in [-0.05, 0) is 37.6 Å². The molecule has 1 aromatic carbocycles. The molecule has 0 atom stereocenters. The Morgan fingerprint density at radius 2 is 1.90 bits per heavy atom. The van der Waals surface area contributed by atoms with Crippen molar-refractivity contribution < 1.29 is 37.8 Å². The fraction of sp³-hybridized carbons (Fsp3) is 0.250. The molecule has 3 aromatic rings. The molecular formula is C20H18N2O8S. The number of carbonyl (C=O) groups excluding carboxylic acids is 4. The van der Waals surface area contributed by atoms with E-state index in [2.05, 4.69) is 10.3 Å². The quantitative estimate of drug-likeness (QED) is 0.429. The highest BCUT2D eigenvalue weighted by atomic mass is 32.1. The van der Waals surface area contributed by atoms with E-state index in [1.54, 1.807) is 19.9 Å². The lowest BCUT2D eigenvalue weighted by atomic mass is 10.1. The number of esters is 3. The predicted molar refractivity (Wildman–Crippen MR) is 109 cm³/mol. The van der Waals surface area contributed by atoms with Gasteiger partial charge in [-0.1, -0.05) is 0 Å².